The van der Waals surface area contributed by atoms with Crippen LogP contribution in [0.3, 0.4) is 0 Å². The first-order valence-electron chi connectivity index (χ1n) is 8.63. The van der Waals surface area contributed by atoms with E-state index in [-0.39, 0.29) is 11.9 Å². The molecule has 2 amide bonds. The number of imidazole rings is 1. The molecular formula is C19H21N5OS. The highest BCUT2D eigenvalue weighted by Gasteiger charge is 2.30. The zero-order valence-corrected chi connectivity index (χ0v) is 15.7. The van der Waals surface area contributed by atoms with Crippen molar-refractivity contribution in [1.82, 2.24) is 19.4 Å². The monoisotopic (exact) mass is 367 g/mol. The number of nitrogens with one attached hydrogen (secondary N) is 1. The van der Waals surface area contributed by atoms with Crippen molar-refractivity contribution in [2.24, 2.45) is 7.05 Å². The Bertz CT molecular complexity index is 937. The summed E-state index contributed by atoms with van der Waals surface area (Å²) in [6.45, 7) is 1.40. The predicted octanol–water partition coefficient (Wildman–Crippen LogP) is 3.71. The lowest BCUT2D eigenvalue weighted by molar-refractivity contribution is 0.222. The van der Waals surface area contributed by atoms with Crippen LogP contribution in [0.5, 0.6) is 0 Å². The van der Waals surface area contributed by atoms with Gasteiger partial charge in [-0.25, -0.2) is 14.8 Å². The lowest BCUT2D eigenvalue weighted by atomic mass is 10.1. The number of carbonyl (C=O) groups excluding carboxylic acids is 1. The summed E-state index contributed by atoms with van der Waals surface area (Å²) in [5, 5.41) is 2.99. The fourth-order valence-corrected chi connectivity index (χ4v) is 3.85. The van der Waals surface area contributed by atoms with E-state index in [9.17, 15) is 4.79 Å². The molecule has 1 fully saturated rings. The molecule has 134 valence electrons. The Labute approximate surface area is 156 Å². The van der Waals surface area contributed by atoms with E-state index in [2.05, 4.69) is 10.3 Å². The first-order valence-corrected chi connectivity index (χ1v) is 9.85. The van der Waals surface area contributed by atoms with Crippen LogP contribution in [-0.2, 0) is 7.05 Å². The average molecular weight is 367 g/mol. The summed E-state index contributed by atoms with van der Waals surface area (Å²) >= 11 is 1.69. The van der Waals surface area contributed by atoms with Crippen LogP contribution in [0, 0.1) is 0 Å². The molecule has 7 heteroatoms. The highest BCUT2D eigenvalue weighted by atomic mass is 32.2. The van der Waals surface area contributed by atoms with Crippen molar-refractivity contribution in [2.75, 3.05) is 24.7 Å². The van der Waals surface area contributed by atoms with Crippen molar-refractivity contribution in [3.8, 4) is 0 Å². The number of likely N-dealkylation sites (tertiary alicyclic amines) is 1. The molecule has 1 unspecified atom stereocenters. The number of aryl methyl sites for hydroxylation is 1. The minimum Gasteiger partial charge on any atom is -0.324 e. The molecule has 3 aromatic rings. The van der Waals surface area contributed by atoms with E-state index in [0.717, 1.165) is 35.6 Å². The summed E-state index contributed by atoms with van der Waals surface area (Å²) in [6, 6.07) is 11.7. The van der Waals surface area contributed by atoms with Gasteiger partial charge in [0.2, 0.25) is 0 Å². The van der Waals surface area contributed by atoms with Crippen LogP contribution in [0.1, 0.15) is 18.2 Å². The molecule has 0 aliphatic carbocycles. The molecule has 0 radical (unpaired) electrons. The van der Waals surface area contributed by atoms with Crippen LogP contribution in [0.4, 0.5) is 10.5 Å². The summed E-state index contributed by atoms with van der Waals surface area (Å²) in [4.78, 5) is 24.7. The van der Waals surface area contributed by atoms with Gasteiger partial charge in [0.15, 0.2) is 5.65 Å². The van der Waals surface area contributed by atoms with Crippen molar-refractivity contribution in [3.63, 3.8) is 0 Å². The minimum atomic E-state index is -0.0544. The number of fused-ring (bicyclic) bond motifs is 1. The Morgan fingerprint density at radius 1 is 1.27 bits per heavy atom. The second-order valence-electron chi connectivity index (χ2n) is 6.47. The molecule has 1 N–H and O–H groups in total. The zero-order valence-electron chi connectivity index (χ0n) is 14.8. The van der Waals surface area contributed by atoms with Gasteiger partial charge in [-0.15, -0.1) is 11.8 Å². The number of rotatable bonds is 3. The van der Waals surface area contributed by atoms with Gasteiger partial charge in [-0.3, -0.25) is 0 Å². The van der Waals surface area contributed by atoms with Gasteiger partial charge < -0.3 is 14.8 Å². The normalized spacial score (nSPS) is 17.0. The van der Waals surface area contributed by atoms with E-state index in [0.29, 0.717) is 6.54 Å². The van der Waals surface area contributed by atoms with Gasteiger partial charge in [0.25, 0.3) is 0 Å². The topological polar surface area (TPSA) is 63.1 Å². The molecule has 1 saturated heterocycles. The summed E-state index contributed by atoms with van der Waals surface area (Å²) in [6.07, 6.45) is 4.73. The number of carbonyl (C=O) groups is 1. The van der Waals surface area contributed by atoms with Gasteiger partial charge in [0.05, 0.1) is 0 Å². The molecule has 0 bridgehead atoms. The maximum atomic E-state index is 12.6. The second-order valence-corrected chi connectivity index (χ2v) is 7.35. The Balaban J connectivity index is 1.45. The summed E-state index contributed by atoms with van der Waals surface area (Å²) in [5.41, 5.74) is 2.62. The fourth-order valence-electron chi connectivity index (χ4n) is 3.44. The predicted molar refractivity (Wildman–Crippen MR) is 105 cm³/mol. The molecular weight excluding hydrogens is 346 g/mol. The Morgan fingerprint density at radius 3 is 2.81 bits per heavy atom. The number of hydrogen-bond acceptors (Lipinski definition) is 4. The van der Waals surface area contributed by atoms with E-state index in [1.54, 1.807) is 18.0 Å². The van der Waals surface area contributed by atoms with Crippen molar-refractivity contribution in [3.05, 3.63) is 48.4 Å². The quantitative estimate of drug-likeness (QED) is 0.717. The average Bonchev–Trinajstić information content (AvgIpc) is 3.28. The number of anilines is 1. The fraction of sp³-hybridized carbons (Fsp3) is 0.316. The molecule has 4 rings (SSSR count). The molecule has 1 aromatic carbocycles. The van der Waals surface area contributed by atoms with Crippen molar-refractivity contribution < 1.29 is 4.79 Å². The van der Waals surface area contributed by atoms with E-state index in [4.69, 9.17) is 4.98 Å². The van der Waals surface area contributed by atoms with Gasteiger partial charge >= 0.3 is 6.03 Å². The number of benzene rings is 1. The number of nitrogens with zero attached hydrogens (tertiary/aromatic N) is 4. The maximum Gasteiger partial charge on any atom is 0.321 e. The number of amides is 2. The van der Waals surface area contributed by atoms with Crippen LogP contribution in [0.25, 0.3) is 11.2 Å². The SMILES string of the molecule is CSc1ccc(NC(=O)N2CCC(c3nc4cccnc4n3C)C2)cc1. The smallest absolute Gasteiger partial charge is 0.321 e. The number of aromatic nitrogens is 3. The van der Waals surface area contributed by atoms with E-state index >= 15 is 0 Å². The third-order valence-electron chi connectivity index (χ3n) is 4.84. The van der Waals surface area contributed by atoms with Gasteiger partial charge in [-0.1, -0.05) is 0 Å². The molecule has 6 nitrogen and oxygen atoms in total. The molecule has 0 spiro atoms. The van der Waals surface area contributed by atoms with Crippen LogP contribution in [0.15, 0.2) is 47.5 Å². The summed E-state index contributed by atoms with van der Waals surface area (Å²) < 4.78 is 2.04. The minimum absolute atomic E-state index is 0.0544. The number of thioether (sulfide) groups is 1. The molecule has 1 atom stereocenters. The lowest BCUT2D eigenvalue weighted by Crippen LogP contribution is -2.32. The van der Waals surface area contributed by atoms with Gasteiger partial charge in [0.1, 0.15) is 11.3 Å². The Hall–Kier alpha value is -2.54. The molecule has 1 aliphatic rings. The molecule has 26 heavy (non-hydrogen) atoms. The standard InChI is InChI=1S/C19H21N5OS/c1-23-17(22-16-4-3-10-20-18(16)23)13-9-11-24(12-13)19(25)21-14-5-7-15(26-2)8-6-14/h3-8,10,13H,9,11-12H2,1-2H3,(H,21,25). The van der Waals surface area contributed by atoms with E-state index < -0.39 is 0 Å². The molecule has 2 aromatic heterocycles. The van der Waals surface area contributed by atoms with Gasteiger partial charge in [0, 0.05) is 42.8 Å². The van der Waals surface area contributed by atoms with Crippen LogP contribution < -0.4 is 5.32 Å². The van der Waals surface area contributed by atoms with E-state index in [1.165, 1.54) is 4.90 Å². The van der Waals surface area contributed by atoms with Crippen LogP contribution in [-0.4, -0.2) is 44.8 Å². The Morgan fingerprint density at radius 2 is 2.08 bits per heavy atom. The second kappa shape index (κ2) is 6.99. The zero-order chi connectivity index (χ0) is 18.1. The van der Waals surface area contributed by atoms with Crippen LogP contribution >= 0.6 is 11.8 Å². The first kappa shape index (κ1) is 16.9. The number of pyridine rings is 1. The van der Waals surface area contributed by atoms with Crippen molar-refractivity contribution in [2.45, 2.75) is 17.2 Å². The third-order valence-corrected chi connectivity index (χ3v) is 5.59. The maximum absolute atomic E-state index is 12.6. The highest BCUT2D eigenvalue weighted by molar-refractivity contribution is 7.98. The largest absolute Gasteiger partial charge is 0.324 e. The third kappa shape index (κ3) is 3.14. The summed E-state index contributed by atoms with van der Waals surface area (Å²) in [7, 11) is 1.99. The molecule has 1 aliphatic heterocycles. The lowest BCUT2D eigenvalue weighted by Gasteiger charge is -2.17. The molecule has 0 saturated carbocycles. The van der Waals surface area contributed by atoms with Gasteiger partial charge in [-0.2, -0.15) is 0 Å². The Kier molecular flexibility index (Phi) is 4.55. The first-order chi connectivity index (χ1) is 12.7. The highest BCUT2D eigenvalue weighted by Crippen LogP contribution is 2.28. The summed E-state index contributed by atoms with van der Waals surface area (Å²) in [5.74, 6) is 1.23. The van der Waals surface area contributed by atoms with Gasteiger partial charge in [-0.05, 0) is 49.1 Å². The van der Waals surface area contributed by atoms with Crippen molar-refractivity contribution >= 4 is 34.6 Å². The van der Waals surface area contributed by atoms with Crippen LogP contribution in [0.2, 0.25) is 0 Å². The van der Waals surface area contributed by atoms with Crippen molar-refractivity contribution in [1.29, 1.82) is 0 Å². The number of hydrogen-bond donors (Lipinski definition) is 1. The molecule has 3 heterocycles. The van der Waals surface area contributed by atoms with E-state index in [1.807, 2.05) is 59.2 Å². The number of urea groups is 1.